The third-order valence-electron chi connectivity index (χ3n) is 4.03. The van der Waals surface area contributed by atoms with Gasteiger partial charge < -0.3 is 15.5 Å². The number of hydrogen-bond donors (Lipinski definition) is 1. The molecule has 0 aliphatic carbocycles. The van der Waals surface area contributed by atoms with Crippen molar-refractivity contribution in [3.63, 3.8) is 0 Å². The van der Waals surface area contributed by atoms with E-state index >= 15 is 0 Å². The number of amides is 1. The smallest absolute Gasteiger partial charge is 0.239 e. The van der Waals surface area contributed by atoms with Crippen LogP contribution in [0.15, 0.2) is 0 Å². The second-order valence-electron chi connectivity index (χ2n) is 5.57. The molecule has 1 amide bonds. The molecular weight excluding hydrogens is 285 g/mol. The zero-order chi connectivity index (χ0) is 12.3. The Labute approximate surface area is 128 Å². The van der Waals surface area contributed by atoms with Crippen LogP contribution in [0.2, 0.25) is 0 Å². The average molecular weight is 312 g/mol. The van der Waals surface area contributed by atoms with Crippen LogP contribution in [0.25, 0.3) is 0 Å². The number of nitrogens with zero attached hydrogens (tertiary/aromatic N) is 2. The maximum atomic E-state index is 11.7. The van der Waals surface area contributed by atoms with Crippen LogP contribution in [0, 0.1) is 5.92 Å². The van der Waals surface area contributed by atoms with E-state index in [2.05, 4.69) is 4.90 Å². The number of likely N-dealkylation sites (tertiary alicyclic amines) is 2. The molecule has 2 fully saturated rings. The highest BCUT2D eigenvalue weighted by atomic mass is 35.5. The molecule has 4 nitrogen and oxygen atoms in total. The van der Waals surface area contributed by atoms with E-state index in [1.165, 1.54) is 32.5 Å². The largest absolute Gasteiger partial charge is 0.341 e. The van der Waals surface area contributed by atoms with Gasteiger partial charge in [-0.25, -0.2) is 0 Å². The summed E-state index contributed by atoms with van der Waals surface area (Å²) in [4.78, 5) is 16.3. The van der Waals surface area contributed by atoms with Crippen LogP contribution in [0.5, 0.6) is 0 Å². The SMILES string of the molecule is C[C@@H](N)C(=O)N1CCC(CN2CCCC2)CC1.Cl.Cl. The third kappa shape index (κ3) is 5.46. The molecule has 0 saturated carbocycles. The van der Waals surface area contributed by atoms with E-state index < -0.39 is 0 Å². The number of carbonyl (C=O) groups is 1. The highest BCUT2D eigenvalue weighted by Crippen LogP contribution is 2.20. The summed E-state index contributed by atoms with van der Waals surface area (Å²) < 4.78 is 0. The molecule has 0 spiro atoms. The van der Waals surface area contributed by atoms with Crippen LogP contribution in [0.1, 0.15) is 32.6 Å². The zero-order valence-electron chi connectivity index (χ0n) is 11.7. The van der Waals surface area contributed by atoms with Crippen LogP contribution in [-0.2, 0) is 4.79 Å². The number of halogens is 2. The van der Waals surface area contributed by atoms with Crippen molar-refractivity contribution in [3.8, 4) is 0 Å². The van der Waals surface area contributed by atoms with Crippen molar-refractivity contribution in [1.82, 2.24) is 9.80 Å². The Morgan fingerprint density at radius 1 is 1.16 bits per heavy atom. The van der Waals surface area contributed by atoms with E-state index in [1.807, 2.05) is 4.90 Å². The van der Waals surface area contributed by atoms with Gasteiger partial charge in [-0.15, -0.1) is 24.8 Å². The lowest BCUT2D eigenvalue weighted by molar-refractivity contribution is -0.133. The lowest BCUT2D eigenvalue weighted by atomic mass is 9.96. The molecule has 2 aliphatic rings. The number of hydrogen-bond acceptors (Lipinski definition) is 3. The van der Waals surface area contributed by atoms with Crippen molar-refractivity contribution in [2.75, 3.05) is 32.7 Å². The summed E-state index contributed by atoms with van der Waals surface area (Å²) in [6, 6.07) is -0.342. The molecule has 2 heterocycles. The number of nitrogens with two attached hydrogens (primary N) is 1. The van der Waals surface area contributed by atoms with Gasteiger partial charge in [-0.05, 0) is 51.6 Å². The molecule has 0 aromatic rings. The van der Waals surface area contributed by atoms with Crippen LogP contribution < -0.4 is 5.73 Å². The van der Waals surface area contributed by atoms with Gasteiger partial charge in [0.25, 0.3) is 0 Å². The van der Waals surface area contributed by atoms with Crippen molar-refractivity contribution >= 4 is 30.7 Å². The summed E-state index contributed by atoms with van der Waals surface area (Å²) >= 11 is 0. The highest BCUT2D eigenvalue weighted by molar-refractivity contribution is 5.85. The Morgan fingerprint density at radius 3 is 2.16 bits per heavy atom. The van der Waals surface area contributed by atoms with Crippen molar-refractivity contribution in [2.24, 2.45) is 11.7 Å². The first-order valence-electron chi connectivity index (χ1n) is 6.93. The quantitative estimate of drug-likeness (QED) is 0.859. The Morgan fingerprint density at radius 2 is 1.68 bits per heavy atom. The molecular formula is C13H27Cl2N3O. The molecule has 0 bridgehead atoms. The van der Waals surface area contributed by atoms with Gasteiger partial charge in [-0.2, -0.15) is 0 Å². The summed E-state index contributed by atoms with van der Waals surface area (Å²) in [6.45, 7) is 7.37. The molecule has 1 atom stereocenters. The van der Waals surface area contributed by atoms with Gasteiger partial charge in [0.15, 0.2) is 0 Å². The van der Waals surface area contributed by atoms with E-state index in [9.17, 15) is 4.79 Å². The topological polar surface area (TPSA) is 49.6 Å². The summed E-state index contributed by atoms with van der Waals surface area (Å²) in [6.07, 6.45) is 5.02. The van der Waals surface area contributed by atoms with Gasteiger partial charge in [0.2, 0.25) is 5.91 Å². The van der Waals surface area contributed by atoms with Crippen molar-refractivity contribution < 1.29 is 4.79 Å². The molecule has 0 aromatic carbocycles. The molecule has 0 radical (unpaired) electrons. The normalized spacial score (nSPS) is 22.5. The fourth-order valence-electron chi connectivity index (χ4n) is 2.95. The molecule has 19 heavy (non-hydrogen) atoms. The number of carbonyl (C=O) groups excluding carboxylic acids is 1. The minimum absolute atomic E-state index is 0. The maximum absolute atomic E-state index is 11.7. The van der Waals surface area contributed by atoms with Crippen LogP contribution in [0.3, 0.4) is 0 Å². The first-order chi connectivity index (χ1) is 8.16. The minimum atomic E-state index is -0.342. The summed E-state index contributed by atoms with van der Waals surface area (Å²) in [5, 5.41) is 0. The van der Waals surface area contributed by atoms with Gasteiger partial charge in [0.1, 0.15) is 0 Å². The van der Waals surface area contributed by atoms with Crippen molar-refractivity contribution in [1.29, 1.82) is 0 Å². The monoisotopic (exact) mass is 311 g/mol. The average Bonchev–Trinajstić information content (AvgIpc) is 2.82. The molecule has 2 N–H and O–H groups in total. The Hall–Kier alpha value is -0.0300. The van der Waals surface area contributed by atoms with E-state index in [4.69, 9.17) is 5.73 Å². The molecule has 114 valence electrons. The molecule has 2 saturated heterocycles. The van der Waals surface area contributed by atoms with Gasteiger partial charge in [0, 0.05) is 19.6 Å². The second-order valence-corrected chi connectivity index (χ2v) is 5.57. The summed E-state index contributed by atoms with van der Waals surface area (Å²) in [5.74, 6) is 0.898. The lowest BCUT2D eigenvalue weighted by Crippen LogP contribution is -2.47. The molecule has 0 aromatic heterocycles. The summed E-state index contributed by atoms with van der Waals surface area (Å²) in [7, 11) is 0. The molecule has 2 rings (SSSR count). The van der Waals surface area contributed by atoms with Crippen LogP contribution >= 0.6 is 24.8 Å². The first kappa shape index (κ1) is 19.0. The van der Waals surface area contributed by atoms with Gasteiger partial charge in [-0.3, -0.25) is 4.79 Å². The van der Waals surface area contributed by atoms with Crippen LogP contribution in [0.4, 0.5) is 0 Å². The zero-order valence-corrected chi connectivity index (χ0v) is 13.3. The predicted molar refractivity (Wildman–Crippen MR) is 83.1 cm³/mol. The summed E-state index contributed by atoms with van der Waals surface area (Å²) in [5.41, 5.74) is 5.63. The third-order valence-corrected chi connectivity index (χ3v) is 4.03. The fourth-order valence-corrected chi connectivity index (χ4v) is 2.95. The highest BCUT2D eigenvalue weighted by Gasteiger charge is 2.26. The predicted octanol–water partition coefficient (Wildman–Crippen LogP) is 1.51. The van der Waals surface area contributed by atoms with E-state index in [-0.39, 0.29) is 36.8 Å². The molecule has 6 heteroatoms. The van der Waals surface area contributed by atoms with Crippen LogP contribution in [-0.4, -0.2) is 54.5 Å². The van der Waals surface area contributed by atoms with Gasteiger partial charge in [0.05, 0.1) is 6.04 Å². The van der Waals surface area contributed by atoms with E-state index in [0.717, 1.165) is 31.8 Å². The Kier molecular flexibility index (Phi) is 8.99. The number of rotatable bonds is 3. The number of piperidine rings is 1. The van der Waals surface area contributed by atoms with Gasteiger partial charge >= 0.3 is 0 Å². The standard InChI is InChI=1S/C13H25N3O.2ClH/c1-11(14)13(17)16-8-4-12(5-9-16)10-15-6-2-3-7-15;;/h11-12H,2-10,14H2,1H3;2*1H/t11-;;/m1../s1. The Balaban J connectivity index is 0.00000162. The second kappa shape index (κ2) is 9.01. The van der Waals surface area contributed by atoms with Crippen molar-refractivity contribution in [3.05, 3.63) is 0 Å². The fraction of sp³-hybridized carbons (Fsp3) is 0.923. The van der Waals surface area contributed by atoms with E-state index in [1.54, 1.807) is 6.92 Å². The van der Waals surface area contributed by atoms with E-state index in [0.29, 0.717) is 0 Å². The molecule has 0 unspecified atom stereocenters. The maximum Gasteiger partial charge on any atom is 0.239 e. The minimum Gasteiger partial charge on any atom is -0.341 e. The van der Waals surface area contributed by atoms with Gasteiger partial charge in [-0.1, -0.05) is 0 Å². The van der Waals surface area contributed by atoms with Crippen molar-refractivity contribution in [2.45, 2.75) is 38.6 Å². The Bertz CT molecular complexity index is 263. The lowest BCUT2D eigenvalue weighted by Gasteiger charge is -2.34. The molecule has 2 aliphatic heterocycles. The first-order valence-corrected chi connectivity index (χ1v) is 6.93.